The average molecular weight is 554 g/mol. The van der Waals surface area contributed by atoms with E-state index in [1.807, 2.05) is 12.0 Å². The summed E-state index contributed by atoms with van der Waals surface area (Å²) in [6.45, 7) is 1.99. The number of H-pyrrole nitrogens is 1. The molecule has 206 valence electrons. The van der Waals surface area contributed by atoms with E-state index in [1.54, 1.807) is 30.3 Å². The molecular formula is C27H23F4N7O2. The predicted octanol–water partition coefficient (Wildman–Crippen LogP) is 4.33. The van der Waals surface area contributed by atoms with Gasteiger partial charge in [0.25, 0.3) is 11.8 Å². The zero-order chi connectivity index (χ0) is 28.4. The maximum Gasteiger partial charge on any atom is 0.451 e. The van der Waals surface area contributed by atoms with E-state index in [0.717, 1.165) is 23.0 Å². The third-order valence-electron chi connectivity index (χ3n) is 6.61. The number of amides is 2. The summed E-state index contributed by atoms with van der Waals surface area (Å²) in [7, 11) is 0. The molecular weight excluding hydrogens is 530 g/mol. The van der Waals surface area contributed by atoms with Gasteiger partial charge in [-0.25, -0.2) is 19.3 Å². The fourth-order valence-corrected chi connectivity index (χ4v) is 4.54. The first kappa shape index (κ1) is 26.9. The van der Waals surface area contributed by atoms with Crippen molar-refractivity contribution < 1.29 is 27.2 Å². The Kier molecular flexibility index (Phi) is 7.28. The van der Waals surface area contributed by atoms with Gasteiger partial charge in [0.15, 0.2) is 5.82 Å². The Morgan fingerprint density at radius 2 is 1.82 bits per heavy atom. The summed E-state index contributed by atoms with van der Waals surface area (Å²) in [5.41, 5.74) is 3.38. The lowest BCUT2D eigenvalue weighted by molar-refractivity contribution is -0.144. The molecule has 40 heavy (non-hydrogen) atoms. The SMILES string of the molecule is CCc1cc(CNC(=O)c2cc(C(=O)N[C@H]3CCc4cc(-c5n[nH]c(C(F)(F)F)n5)ccc43)ncn2)ccc1F. The van der Waals surface area contributed by atoms with E-state index in [1.165, 1.54) is 12.1 Å². The van der Waals surface area contributed by atoms with Crippen LogP contribution < -0.4 is 10.6 Å². The summed E-state index contributed by atoms with van der Waals surface area (Å²) in [4.78, 5) is 37.1. The topological polar surface area (TPSA) is 126 Å². The molecule has 2 aromatic carbocycles. The molecule has 0 saturated carbocycles. The number of halogens is 4. The molecule has 0 bridgehead atoms. The molecule has 0 fully saturated rings. The fourth-order valence-electron chi connectivity index (χ4n) is 4.54. The van der Waals surface area contributed by atoms with Gasteiger partial charge in [-0.2, -0.15) is 18.3 Å². The Hall–Kier alpha value is -4.68. The van der Waals surface area contributed by atoms with Crippen molar-refractivity contribution in [2.45, 2.75) is 44.9 Å². The molecule has 2 aromatic heterocycles. The highest BCUT2D eigenvalue weighted by Gasteiger charge is 2.35. The summed E-state index contributed by atoms with van der Waals surface area (Å²) in [5, 5.41) is 11.2. The lowest BCUT2D eigenvalue weighted by Crippen LogP contribution is -2.29. The van der Waals surface area contributed by atoms with Crippen molar-refractivity contribution in [3.8, 4) is 11.4 Å². The van der Waals surface area contributed by atoms with Crippen LogP contribution in [-0.4, -0.2) is 37.0 Å². The van der Waals surface area contributed by atoms with E-state index >= 15 is 0 Å². The second kappa shape index (κ2) is 10.8. The Bertz CT molecular complexity index is 1590. The zero-order valence-electron chi connectivity index (χ0n) is 21.1. The van der Waals surface area contributed by atoms with Crippen LogP contribution in [0.3, 0.4) is 0 Å². The summed E-state index contributed by atoms with van der Waals surface area (Å²) in [6, 6.07) is 10.6. The number of hydrogen-bond donors (Lipinski definition) is 3. The van der Waals surface area contributed by atoms with E-state index in [0.29, 0.717) is 30.4 Å². The van der Waals surface area contributed by atoms with Crippen LogP contribution in [-0.2, 0) is 25.6 Å². The van der Waals surface area contributed by atoms with Gasteiger partial charge >= 0.3 is 6.18 Å². The zero-order valence-corrected chi connectivity index (χ0v) is 21.1. The number of aryl methyl sites for hydroxylation is 2. The summed E-state index contributed by atoms with van der Waals surface area (Å²) in [5.74, 6) is -2.57. The van der Waals surface area contributed by atoms with E-state index in [4.69, 9.17) is 0 Å². The highest BCUT2D eigenvalue weighted by molar-refractivity contribution is 5.97. The monoisotopic (exact) mass is 553 g/mol. The van der Waals surface area contributed by atoms with Gasteiger partial charge in [-0.1, -0.05) is 31.2 Å². The van der Waals surface area contributed by atoms with Gasteiger partial charge in [0.05, 0.1) is 6.04 Å². The molecule has 5 rings (SSSR count). The number of rotatable bonds is 7. The van der Waals surface area contributed by atoms with Gasteiger partial charge in [-0.3, -0.25) is 14.7 Å². The van der Waals surface area contributed by atoms with Crippen LogP contribution in [0.25, 0.3) is 11.4 Å². The molecule has 1 atom stereocenters. The third-order valence-corrected chi connectivity index (χ3v) is 6.61. The maximum absolute atomic E-state index is 13.7. The van der Waals surface area contributed by atoms with E-state index < -0.39 is 23.8 Å². The Morgan fingerprint density at radius 1 is 1.05 bits per heavy atom. The largest absolute Gasteiger partial charge is 0.451 e. The van der Waals surface area contributed by atoms with Crippen LogP contribution in [0.5, 0.6) is 0 Å². The third kappa shape index (κ3) is 5.67. The first-order valence-corrected chi connectivity index (χ1v) is 12.4. The lowest BCUT2D eigenvalue weighted by Gasteiger charge is -2.14. The standard InChI is InChI=1S/C27H23F4N7O2/c1-2-15-9-14(3-7-19(15)28)12-32-24(39)21-11-22(34-13-33-21)25(40)35-20-8-5-16-10-17(4-6-18(16)20)23-36-26(38-37-23)27(29,30)31/h3-4,6-7,9-11,13,20H,2,5,8,12H2,1H3,(H,32,39)(H,35,40)(H,36,37,38)/t20-/m0/s1. The number of nitrogens with one attached hydrogen (secondary N) is 3. The van der Waals surface area contributed by atoms with Crippen LogP contribution in [0.1, 0.15) is 68.4 Å². The smallest absolute Gasteiger partial charge is 0.347 e. The van der Waals surface area contributed by atoms with Gasteiger partial charge in [-0.05, 0) is 53.6 Å². The van der Waals surface area contributed by atoms with Crippen molar-refractivity contribution in [1.29, 1.82) is 0 Å². The van der Waals surface area contributed by atoms with Gasteiger partial charge in [-0.15, -0.1) is 0 Å². The Balaban J connectivity index is 1.23. The number of nitrogens with zero attached hydrogens (tertiary/aromatic N) is 4. The minimum absolute atomic E-state index is 0.000624. The second-order valence-electron chi connectivity index (χ2n) is 9.23. The van der Waals surface area contributed by atoms with Gasteiger partial charge in [0.2, 0.25) is 5.82 Å². The molecule has 9 nitrogen and oxygen atoms in total. The fraction of sp³-hybridized carbons (Fsp3) is 0.259. The predicted molar refractivity (Wildman–Crippen MR) is 134 cm³/mol. The van der Waals surface area contributed by atoms with Crippen LogP contribution in [0.2, 0.25) is 0 Å². The molecule has 0 saturated heterocycles. The van der Waals surface area contributed by atoms with E-state index in [-0.39, 0.29) is 35.6 Å². The van der Waals surface area contributed by atoms with E-state index in [9.17, 15) is 27.2 Å². The molecule has 4 aromatic rings. The van der Waals surface area contributed by atoms with Crippen molar-refractivity contribution >= 4 is 11.8 Å². The van der Waals surface area contributed by atoms with Crippen LogP contribution >= 0.6 is 0 Å². The molecule has 0 spiro atoms. The van der Waals surface area contributed by atoms with Crippen LogP contribution in [0.15, 0.2) is 48.8 Å². The molecule has 0 radical (unpaired) electrons. The minimum atomic E-state index is -4.62. The first-order chi connectivity index (χ1) is 19.1. The number of carbonyl (C=O) groups is 2. The molecule has 2 amide bonds. The number of aromatic amines is 1. The number of fused-ring (bicyclic) bond motifs is 1. The number of alkyl halides is 3. The number of aromatic nitrogens is 5. The van der Waals surface area contributed by atoms with Crippen molar-refractivity contribution in [1.82, 2.24) is 35.8 Å². The Morgan fingerprint density at radius 3 is 2.55 bits per heavy atom. The first-order valence-electron chi connectivity index (χ1n) is 12.4. The summed E-state index contributed by atoms with van der Waals surface area (Å²) < 4.78 is 52.3. The number of hydrogen-bond acceptors (Lipinski definition) is 6. The highest BCUT2D eigenvalue weighted by Crippen LogP contribution is 2.34. The normalized spacial score (nSPS) is 14.6. The van der Waals surface area contributed by atoms with Crippen molar-refractivity contribution in [2.24, 2.45) is 0 Å². The van der Waals surface area contributed by atoms with Gasteiger partial charge < -0.3 is 10.6 Å². The molecule has 0 aliphatic heterocycles. The molecule has 0 unspecified atom stereocenters. The van der Waals surface area contributed by atoms with Gasteiger partial charge in [0, 0.05) is 18.2 Å². The Labute approximate surface area is 225 Å². The quantitative estimate of drug-likeness (QED) is 0.293. The van der Waals surface area contributed by atoms with Crippen LogP contribution in [0, 0.1) is 5.82 Å². The van der Waals surface area contributed by atoms with Gasteiger partial charge in [0.1, 0.15) is 23.5 Å². The van der Waals surface area contributed by atoms with Crippen molar-refractivity contribution in [2.75, 3.05) is 0 Å². The number of carbonyl (C=O) groups excluding carboxylic acids is 2. The maximum atomic E-state index is 13.7. The molecule has 13 heteroatoms. The second-order valence-corrected chi connectivity index (χ2v) is 9.23. The van der Waals surface area contributed by atoms with Crippen molar-refractivity contribution in [3.05, 3.63) is 94.1 Å². The highest BCUT2D eigenvalue weighted by atomic mass is 19.4. The minimum Gasteiger partial charge on any atom is -0.347 e. The summed E-state index contributed by atoms with van der Waals surface area (Å²) in [6.07, 6.45) is -1.82. The molecule has 2 heterocycles. The number of benzene rings is 2. The molecule has 3 N–H and O–H groups in total. The average Bonchev–Trinajstić information content (AvgIpc) is 3.60. The van der Waals surface area contributed by atoms with Crippen molar-refractivity contribution in [3.63, 3.8) is 0 Å². The van der Waals surface area contributed by atoms with E-state index in [2.05, 4.69) is 30.7 Å². The summed E-state index contributed by atoms with van der Waals surface area (Å²) >= 11 is 0. The molecule has 1 aliphatic rings. The lowest BCUT2D eigenvalue weighted by atomic mass is 10.0. The van der Waals surface area contributed by atoms with Crippen LogP contribution in [0.4, 0.5) is 17.6 Å². The molecule has 1 aliphatic carbocycles.